The summed E-state index contributed by atoms with van der Waals surface area (Å²) in [7, 11) is 0. The number of nitrogen functional groups attached to an aromatic ring is 1. The highest BCUT2D eigenvalue weighted by molar-refractivity contribution is 5.76. The van der Waals surface area contributed by atoms with Crippen molar-refractivity contribution in [3.05, 3.63) is 12.3 Å². The van der Waals surface area contributed by atoms with E-state index in [0.717, 1.165) is 12.8 Å². The topological polar surface area (TPSA) is 72.9 Å². The lowest BCUT2D eigenvalue weighted by Gasteiger charge is -2.25. The number of anilines is 1. The van der Waals surface area contributed by atoms with Crippen LogP contribution < -0.4 is 11.1 Å². The molecule has 1 amide bonds. The molecule has 3 N–H and O–H groups in total. The number of hydrogen-bond donors (Lipinski definition) is 2. The summed E-state index contributed by atoms with van der Waals surface area (Å²) in [5.74, 6) is 0.391. The van der Waals surface area contributed by atoms with Gasteiger partial charge in [0.25, 0.3) is 0 Å². The van der Waals surface area contributed by atoms with Gasteiger partial charge in [-0.05, 0) is 26.3 Å². The Bertz CT molecular complexity index is 357. The number of hydrogen-bond acceptors (Lipinski definition) is 3. The molecule has 0 atom stereocenters. The second-order valence-corrected chi connectivity index (χ2v) is 4.62. The van der Waals surface area contributed by atoms with Crippen molar-refractivity contribution in [2.45, 2.75) is 45.7 Å². The van der Waals surface area contributed by atoms with Gasteiger partial charge in [-0.15, -0.1) is 0 Å². The first-order chi connectivity index (χ1) is 7.43. The molecule has 0 spiro atoms. The SMILES string of the molecule is CCCC(C)(C)NC(=O)Cn1ccc(N)n1. The fraction of sp³-hybridized carbons (Fsp3) is 0.636. The lowest BCUT2D eigenvalue weighted by atomic mass is 9.99. The first-order valence-corrected chi connectivity index (χ1v) is 5.53. The number of rotatable bonds is 5. The highest BCUT2D eigenvalue weighted by atomic mass is 16.2. The van der Waals surface area contributed by atoms with Gasteiger partial charge in [-0.25, -0.2) is 0 Å². The number of nitrogens with zero attached hydrogens (tertiary/aromatic N) is 2. The highest BCUT2D eigenvalue weighted by Crippen LogP contribution is 2.10. The van der Waals surface area contributed by atoms with Gasteiger partial charge in [-0.2, -0.15) is 5.10 Å². The van der Waals surface area contributed by atoms with Crippen molar-refractivity contribution in [3.8, 4) is 0 Å². The first-order valence-electron chi connectivity index (χ1n) is 5.53. The van der Waals surface area contributed by atoms with Crippen molar-refractivity contribution in [3.63, 3.8) is 0 Å². The molecule has 0 saturated heterocycles. The Labute approximate surface area is 96.0 Å². The van der Waals surface area contributed by atoms with Gasteiger partial charge < -0.3 is 11.1 Å². The van der Waals surface area contributed by atoms with E-state index < -0.39 is 0 Å². The van der Waals surface area contributed by atoms with Gasteiger partial charge in [0.2, 0.25) is 5.91 Å². The fourth-order valence-electron chi connectivity index (χ4n) is 1.72. The smallest absolute Gasteiger partial charge is 0.242 e. The molecule has 1 heterocycles. The third kappa shape index (κ3) is 3.92. The number of carbonyl (C=O) groups is 1. The molecule has 0 unspecified atom stereocenters. The van der Waals surface area contributed by atoms with Gasteiger partial charge in [-0.3, -0.25) is 9.48 Å². The zero-order valence-electron chi connectivity index (χ0n) is 10.2. The molecule has 16 heavy (non-hydrogen) atoms. The average Bonchev–Trinajstić information content (AvgIpc) is 2.49. The molecule has 90 valence electrons. The Kier molecular flexibility index (Phi) is 3.93. The van der Waals surface area contributed by atoms with Gasteiger partial charge in [0.15, 0.2) is 0 Å². The minimum atomic E-state index is -0.162. The van der Waals surface area contributed by atoms with Crippen molar-refractivity contribution in [1.29, 1.82) is 0 Å². The van der Waals surface area contributed by atoms with E-state index in [0.29, 0.717) is 5.82 Å². The molecule has 5 heteroatoms. The van der Waals surface area contributed by atoms with Gasteiger partial charge in [0, 0.05) is 11.7 Å². The molecule has 0 aliphatic heterocycles. The summed E-state index contributed by atoms with van der Waals surface area (Å²) in [5.41, 5.74) is 5.30. The van der Waals surface area contributed by atoms with E-state index in [-0.39, 0.29) is 18.0 Å². The monoisotopic (exact) mass is 224 g/mol. The molecular formula is C11H20N4O. The van der Waals surface area contributed by atoms with Crippen LogP contribution in [0.25, 0.3) is 0 Å². The maximum Gasteiger partial charge on any atom is 0.242 e. The lowest BCUT2D eigenvalue weighted by molar-refractivity contribution is -0.123. The van der Waals surface area contributed by atoms with Gasteiger partial charge in [0.1, 0.15) is 12.4 Å². The standard InChI is InChI=1S/C11H20N4O/c1-4-6-11(2,3)13-10(16)8-15-7-5-9(12)14-15/h5,7H,4,6,8H2,1-3H3,(H2,12,14)(H,13,16). The molecule has 1 aromatic rings. The van der Waals surface area contributed by atoms with Crippen LogP contribution in [0.15, 0.2) is 12.3 Å². The molecule has 1 rings (SSSR count). The summed E-state index contributed by atoms with van der Waals surface area (Å²) in [6.45, 7) is 6.35. The van der Waals surface area contributed by atoms with Crippen LogP contribution in [0.2, 0.25) is 0 Å². The fourth-order valence-corrected chi connectivity index (χ4v) is 1.72. The zero-order valence-corrected chi connectivity index (χ0v) is 10.2. The van der Waals surface area contributed by atoms with Crippen molar-refractivity contribution in [1.82, 2.24) is 15.1 Å². The summed E-state index contributed by atoms with van der Waals surface area (Å²) in [5, 5.41) is 6.93. The predicted molar refractivity (Wildman–Crippen MR) is 63.8 cm³/mol. The number of aromatic nitrogens is 2. The number of carbonyl (C=O) groups excluding carboxylic acids is 1. The maximum absolute atomic E-state index is 11.7. The molecule has 0 bridgehead atoms. The van der Waals surface area contributed by atoms with Crippen LogP contribution in [0.5, 0.6) is 0 Å². The second kappa shape index (κ2) is 5.01. The van der Waals surface area contributed by atoms with Crippen molar-refractivity contribution >= 4 is 11.7 Å². The van der Waals surface area contributed by atoms with Crippen LogP contribution in [0.1, 0.15) is 33.6 Å². The van der Waals surface area contributed by atoms with Crippen LogP contribution in [0.3, 0.4) is 0 Å². The molecule has 0 aliphatic rings. The Morgan fingerprint density at radius 3 is 2.81 bits per heavy atom. The van der Waals surface area contributed by atoms with Gasteiger partial charge >= 0.3 is 0 Å². The minimum Gasteiger partial charge on any atom is -0.382 e. The molecule has 1 aromatic heterocycles. The van der Waals surface area contributed by atoms with Gasteiger partial charge in [-0.1, -0.05) is 13.3 Å². The Morgan fingerprint density at radius 1 is 1.62 bits per heavy atom. The third-order valence-electron chi connectivity index (χ3n) is 2.32. The Morgan fingerprint density at radius 2 is 2.31 bits per heavy atom. The van der Waals surface area contributed by atoms with E-state index >= 15 is 0 Å². The van der Waals surface area contributed by atoms with E-state index in [9.17, 15) is 4.79 Å². The molecular weight excluding hydrogens is 204 g/mol. The van der Waals surface area contributed by atoms with E-state index in [4.69, 9.17) is 5.73 Å². The number of nitrogens with one attached hydrogen (secondary N) is 1. The summed E-state index contributed by atoms with van der Waals surface area (Å²) >= 11 is 0. The Balaban J connectivity index is 2.47. The van der Waals surface area contributed by atoms with Crippen LogP contribution >= 0.6 is 0 Å². The molecule has 0 saturated carbocycles. The highest BCUT2D eigenvalue weighted by Gasteiger charge is 2.19. The molecule has 5 nitrogen and oxygen atoms in total. The van der Waals surface area contributed by atoms with E-state index in [1.54, 1.807) is 12.3 Å². The summed E-state index contributed by atoms with van der Waals surface area (Å²) in [4.78, 5) is 11.7. The normalized spacial score (nSPS) is 11.4. The van der Waals surface area contributed by atoms with E-state index in [1.165, 1.54) is 4.68 Å². The summed E-state index contributed by atoms with van der Waals surface area (Å²) in [6.07, 6.45) is 3.70. The zero-order chi connectivity index (χ0) is 12.2. The number of amides is 1. The van der Waals surface area contributed by atoms with E-state index in [2.05, 4.69) is 17.3 Å². The van der Waals surface area contributed by atoms with Crippen molar-refractivity contribution in [2.24, 2.45) is 0 Å². The first kappa shape index (κ1) is 12.5. The Hall–Kier alpha value is -1.52. The van der Waals surface area contributed by atoms with Crippen LogP contribution in [0, 0.1) is 0 Å². The minimum absolute atomic E-state index is 0.0402. The maximum atomic E-state index is 11.7. The lowest BCUT2D eigenvalue weighted by Crippen LogP contribution is -2.44. The second-order valence-electron chi connectivity index (χ2n) is 4.62. The third-order valence-corrected chi connectivity index (χ3v) is 2.32. The van der Waals surface area contributed by atoms with Crippen molar-refractivity contribution < 1.29 is 4.79 Å². The van der Waals surface area contributed by atoms with Crippen LogP contribution in [-0.4, -0.2) is 21.2 Å². The number of nitrogens with two attached hydrogens (primary N) is 1. The molecule has 0 aliphatic carbocycles. The molecule has 0 fully saturated rings. The van der Waals surface area contributed by atoms with Crippen LogP contribution in [-0.2, 0) is 11.3 Å². The largest absolute Gasteiger partial charge is 0.382 e. The molecule has 0 aromatic carbocycles. The van der Waals surface area contributed by atoms with Crippen molar-refractivity contribution in [2.75, 3.05) is 5.73 Å². The average molecular weight is 224 g/mol. The predicted octanol–water partition coefficient (Wildman–Crippen LogP) is 1.16. The summed E-state index contributed by atoms with van der Waals surface area (Å²) in [6, 6.07) is 1.67. The molecule has 0 radical (unpaired) electrons. The summed E-state index contributed by atoms with van der Waals surface area (Å²) < 4.78 is 1.53. The van der Waals surface area contributed by atoms with Gasteiger partial charge in [0.05, 0.1) is 0 Å². The van der Waals surface area contributed by atoms with E-state index in [1.807, 2.05) is 13.8 Å². The van der Waals surface area contributed by atoms with Crippen LogP contribution in [0.4, 0.5) is 5.82 Å². The quantitative estimate of drug-likeness (QED) is 0.788.